The summed E-state index contributed by atoms with van der Waals surface area (Å²) in [5.41, 5.74) is 3.93. The van der Waals surface area contributed by atoms with Crippen molar-refractivity contribution in [2.45, 2.75) is 26.8 Å². The Morgan fingerprint density at radius 3 is 2.33 bits per heavy atom. The van der Waals surface area contributed by atoms with Gasteiger partial charge in [0, 0.05) is 12.2 Å². The number of furan rings is 1. The molecule has 0 aliphatic heterocycles. The second kappa shape index (κ2) is 9.23. The summed E-state index contributed by atoms with van der Waals surface area (Å²) in [6, 6.07) is 7.21. The van der Waals surface area contributed by atoms with Crippen LogP contribution in [0.25, 0.3) is 0 Å². The fourth-order valence-electron chi connectivity index (χ4n) is 2.99. The molecule has 146 valence electrons. The molecule has 7 heteroatoms. The first-order chi connectivity index (χ1) is 12.8. The molecule has 0 aliphatic rings. The molecule has 0 bridgehead atoms. The Hall–Kier alpha value is -2.80. The summed E-state index contributed by atoms with van der Waals surface area (Å²) in [6.45, 7) is 6.18. The lowest BCUT2D eigenvalue weighted by Crippen LogP contribution is -2.43. The predicted octanol–water partition coefficient (Wildman–Crippen LogP) is 2.75. The van der Waals surface area contributed by atoms with Gasteiger partial charge >= 0.3 is 6.03 Å². The largest absolute Gasteiger partial charge is 0.468 e. The highest BCUT2D eigenvalue weighted by Gasteiger charge is 2.18. The van der Waals surface area contributed by atoms with E-state index in [4.69, 9.17) is 4.42 Å². The highest BCUT2D eigenvalue weighted by molar-refractivity contribution is 5.95. The molecule has 0 fully saturated rings. The van der Waals surface area contributed by atoms with E-state index >= 15 is 0 Å². The van der Waals surface area contributed by atoms with Gasteiger partial charge < -0.3 is 20.4 Å². The van der Waals surface area contributed by atoms with Crippen molar-refractivity contribution in [3.8, 4) is 0 Å². The SMILES string of the molecule is Cc1cc(C)c(NC(=O)CNC(=O)NCC(c2ccco2)N(C)C)c(C)c1. The number of amides is 3. The first-order valence-corrected chi connectivity index (χ1v) is 8.87. The van der Waals surface area contributed by atoms with Crippen LogP contribution in [0.15, 0.2) is 34.9 Å². The van der Waals surface area contributed by atoms with Crippen LogP contribution in [-0.2, 0) is 4.79 Å². The van der Waals surface area contributed by atoms with Gasteiger partial charge in [0.2, 0.25) is 5.91 Å². The van der Waals surface area contributed by atoms with Gasteiger partial charge in [0.1, 0.15) is 5.76 Å². The average molecular weight is 372 g/mol. The summed E-state index contributed by atoms with van der Waals surface area (Å²) in [5, 5.41) is 8.21. The van der Waals surface area contributed by atoms with Crippen LogP contribution >= 0.6 is 0 Å². The molecule has 3 N–H and O–H groups in total. The van der Waals surface area contributed by atoms with Crippen LogP contribution in [0.2, 0.25) is 0 Å². The van der Waals surface area contributed by atoms with E-state index in [-0.39, 0.29) is 18.5 Å². The summed E-state index contributed by atoms with van der Waals surface area (Å²) in [4.78, 5) is 26.1. The number of hydrogen-bond acceptors (Lipinski definition) is 4. The van der Waals surface area contributed by atoms with Crippen molar-refractivity contribution in [1.29, 1.82) is 0 Å². The van der Waals surface area contributed by atoms with E-state index in [1.165, 1.54) is 0 Å². The number of nitrogens with zero attached hydrogens (tertiary/aromatic N) is 1. The Labute approximate surface area is 160 Å². The minimum Gasteiger partial charge on any atom is -0.468 e. The molecule has 2 rings (SSSR count). The smallest absolute Gasteiger partial charge is 0.315 e. The quantitative estimate of drug-likeness (QED) is 0.697. The third kappa shape index (κ3) is 5.86. The van der Waals surface area contributed by atoms with Crippen molar-refractivity contribution >= 4 is 17.6 Å². The number of rotatable bonds is 7. The van der Waals surface area contributed by atoms with Gasteiger partial charge in [-0.2, -0.15) is 0 Å². The molecule has 0 spiro atoms. The molecule has 1 heterocycles. The molecule has 1 aromatic heterocycles. The fraction of sp³-hybridized carbons (Fsp3) is 0.400. The molecule has 7 nitrogen and oxygen atoms in total. The van der Waals surface area contributed by atoms with Gasteiger partial charge in [-0.15, -0.1) is 0 Å². The topological polar surface area (TPSA) is 86.6 Å². The second-order valence-electron chi connectivity index (χ2n) is 6.88. The Morgan fingerprint density at radius 1 is 1.11 bits per heavy atom. The normalized spacial score (nSPS) is 11.9. The minimum absolute atomic E-state index is 0.0857. The van der Waals surface area contributed by atoms with Crippen LogP contribution in [0.3, 0.4) is 0 Å². The lowest BCUT2D eigenvalue weighted by molar-refractivity contribution is -0.115. The molecule has 0 aliphatic carbocycles. The van der Waals surface area contributed by atoms with Gasteiger partial charge in [0.05, 0.1) is 18.8 Å². The molecule has 0 radical (unpaired) electrons. The van der Waals surface area contributed by atoms with Gasteiger partial charge in [-0.05, 0) is 58.1 Å². The van der Waals surface area contributed by atoms with Gasteiger partial charge in [-0.1, -0.05) is 17.7 Å². The zero-order valence-electron chi connectivity index (χ0n) is 16.6. The maximum Gasteiger partial charge on any atom is 0.315 e. The third-order valence-corrected chi connectivity index (χ3v) is 4.30. The Kier molecular flexibility index (Phi) is 7.01. The molecule has 1 unspecified atom stereocenters. The van der Waals surface area contributed by atoms with Crippen molar-refractivity contribution in [1.82, 2.24) is 15.5 Å². The van der Waals surface area contributed by atoms with Crippen LogP contribution in [0, 0.1) is 20.8 Å². The van der Waals surface area contributed by atoms with E-state index in [9.17, 15) is 9.59 Å². The molecule has 1 atom stereocenters. The average Bonchev–Trinajstić information content (AvgIpc) is 3.10. The number of nitrogens with one attached hydrogen (secondary N) is 3. The molecular weight excluding hydrogens is 344 g/mol. The number of urea groups is 1. The summed E-state index contributed by atoms with van der Waals surface area (Å²) in [7, 11) is 3.82. The first-order valence-electron chi connectivity index (χ1n) is 8.87. The molecule has 0 saturated heterocycles. The number of benzene rings is 1. The highest BCUT2D eigenvalue weighted by atomic mass is 16.3. The molecular formula is C20H28N4O3. The van der Waals surface area contributed by atoms with Crippen LogP contribution in [0.4, 0.5) is 10.5 Å². The molecule has 0 saturated carbocycles. The van der Waals surface area contributed by atoms with E-state index in [0.29, 0.717) is 6.54 Å². The molecule has 1 aromatic carbocycles. The number of carbonyl (C=O) groups excluding carboxylic acids is 2. The van der Waals surface area contributed by atoms with E-state index in [1.54, 1.807) is 6.26 Å². The van der Waals surface area contributed by atoms with Crippen LogP contribution < -0.4 is 16.0 Å². The highest BCUT2D eigenvalue weighted by Crippen LogP contribution is 2.21. The van der Waals surface area contributed by atoms with Gasteiger partial charge in [0.15, 0.2) is 0 Å². The Balaban J connectivity index is 1.82. The lowest BCUT2D eigenvalue weighted by Gasteiger charge is -2.22. The van der Waals surface area contributed by atoms with Gasteiger partial charge in [-0.25, -0.2) is 4.79 Å². The van der Waals surface area contributed by atoms with Crippen LogP contribution in [0.5, 0.6) is 0 Å². The van der Waals surface area contributed by atoms with Crippen molar-refractivity contribution in [3.63, 3.8) is 0 Å². The van der Waals surface area contributed by atoms with Crippen LogP contribution in [0.1, 0.15) is 28.5 Å². The number of aryl methyl sites for hydroxylation is 3. The Morgan fingerprint density at radius 2 is 1.78 bits per heavy atom. The summed E-state index contributed by atoms with van der Waals surface area (Å²) in [6.07, 6.45) is 1.60. The molecule has 2 aromatic rings. The van der Waals surface area contributed by atoms with E-state index in [0.717, 1.165) is 28.1 Å². The maximum absolute atomic E-state index is 12.2. The predicted molar refractivity (Wildman–Crippen MR) is 106 cm³/mol. The van der Waals surface area contributed by atoms with Crippen LogP contribution in [-0.4, -0.2) is 44.0 Å². The fourth-order valence-corrected chi connectivity index (χ4v) is 2.99. The number of likely N-dealkylation sites (N-methyl/N-ethyl adjacent to an activating group) is 1. The number of carbonyl (C=O) groups is 2. The minimum atomic E-state index is -0.402. The number of hydrogen-bond donors (Lipinski definition) is 3. The third-order valence-electron chi connectivity index (χ3n) is 4.30. The monoisotopic (exact) mass is 372 g/mol. The van der Waals surface area contributed by atoms with E-state index in [2.05, 4.69) is 16.0 Å². The van der Waals surface area contributed by atoms with Gasteiger partial charge in [0.25, 0.3) is 0 Å². The van der Waals surface area contributed by atoms with Crippen molar-refractivity contribution in [2.75, 3.05) is 32.5 Å². The Bertz CT molecular complexity index is 762. The number of anilines is 1. The van der Waals surface area contributed by atoms with E-state index in [1.807, 2.05) is 64.0 Å². The summed E-state index contributed by atoms with van der Waals surface area (Å²) in [5.74, 6) is 0.499. The first kappa shape index (κ1) is 20.5. The lowest BCUT2D eigenvalue weighted by atomic mass is 10.1. The van der Waals surface area contributed by atoms with Crippen molar-refractivity contribution in [3.05, 3.63) is 53.0 Å². The molecule has 3 amide bonds. The second-order valence-corrected chi connectivity index (χ2v) is 6.88. The zero-order valence-corrected chi connectivity index (χ0v) is 16.6. The van der Waals surface area contributed by atoms with Crippen molar-refractivity contribution < 1.29 is 14.0 Å². The molecule has 27 heavy (non-hydrogen) atoms. The zero-order chi connectivity index (χ0) is 20.0. The van der Waals surface area contributed by atoms with E-state index < -0.39 is 6.03 Å². The summed E-state index contributed by atoms with van der Waals surface area (Å²) >= 11 is 0. The van der Waals surface area contributed by atoms with Gasteiger partial charge in [-0.3, -0.25) is 9.69 Å². The maximum atomic E-state index is 12.2. The summed E-state index contributed by atoms with van der Waals surface area (Å²) < 4.78 is 5.41. The van der Waals surface area contributed by atoms with Crippen molar-refractivity contribution in [2.24, 2.45) is 0 Å². The standard InChI is InChI=1S/C20H28N4O3/c1-13-9-14(2)19(15(3)10-13)23-18(25)12-22-20(26)21-11-16(24(4)5)17-7-6-8-27-17/h6-10,16H,11-12H2,1-5H3,(H,23,25)(H2,21,22,26).